The number of hydrogen-bond acceptors (Lipinski definition) is 5. The molecule has 0 spiro atoms. The van der Waals surface area contributed by atoms with Crippen molar-refractivity contribution in [3.05, 3.63) is 23.8 Å². The standard InChI is InChI=1S/C24H38N4O4S/c1-4-26(18-23(29)25-19(2)3)24(30)20-11-12-21(27-13-7-5-8-14-27)22(17-20)33(31,32)28-15-9-6-10-16-28/h11-12,17,19H,4-10,13-16,18H2,1-3H3,(H,25,29). The topological polar surface area (TPSA) is 90.0 Å². The van der Waals surface area contributed by atoms with E-state index >= 15 is 0 Å². The van der Waals surface area contributed by atoms with E-state index in [1.165, 1.54) is 11.0 Å². The van der Waals surface area contributed by atoms with Crippen LogP contribution < -0.4 is 10.2 Å². The van der Waals surface area contributed by atoms with Gasteiger partial charge < -0.3 is 15.1 Å². The van der Waals surface area contributed by atoms with Crippen LogP contribution in [0.15, 0.2) is 23.1 Å². The van der Waals surface area contributed by atoms with Gasteiger partial charge in [-0.05, 0) is 71.1 Å². The molecule has 0 atom stereocenters. The summed E-state index contributed by atoms with van der Waals surface area (Å²) in [4.78, 5) is 29.3. The Morgan fingerprint density at radius 3 is 2.18 bits per heavy atom. The lowest BCUT2D eigenvalue weighted by Gasteiger charge is -2.33. The molecule has 2 aliphatic rings. The molecule has 0 aromatic heterocycles. The average molecular weight is 479 g/mol. The monoisotopic (exact) mass is 478 g/mol. The summed E-state index contributed by atoms with van der Waals surface area (Å²) in [6.07, 6.45) is 5.94. The van der Waals surface area contributed by atoms with Gasteiger partial charge in [0.25, 0.3) is 5.91 Å². The van der Waals surface area contributed by atoms with Gasteiger partial charge in [0.15, 0.2) is 0 Å². The summed E-state index contributed by atoms with van der Waals surface area (Å²) in [6, 6.07) is 4.98. The molecule has 184 valence electrons. The summed E-state index contributed by atoms with van der Waals surface area (Å²) in [5.41, 5.74) is 0.975. The van der Waals surface area contributed by atoms with Crippen LogP contribution in [0.3, 0.4) is 0 Å². The predicted molar refractivity (Wildman–Crippen MR) is 130 cm³/mol. The maximum absolute atomic E-state index is 13.7. The Labute approximate surface area is 198 Å². The van der Waals surface area contributed by atoms with E-state index in [9.17, 15) is 18.0 Å². The molecule has 2 heterocycles. The summed E-state index contributed by atoms with van der Waals surface area (Å²) >= 11 is 0. The number of piperidine rings is 2. The normalized spacial score (nSPS) is 17.8. The third-order valence-corrected chi connectivity index (χ3v) is 8.22. The minimum absolute atomic E-state index is 0.0172. The highest BCUT2D eigenvalue weighted by Gasteiger charge is 2.31. The number of benzene rings is 1. The third-order valence-electron chi connectivity index (χ3n) is 6.29. The predicted octanol–water partition coefficient (Wildman–Crippen LogP) is 2.84. The molecule has 9 heteroatoms. The Morgan fingerprint density at radius 2 is 1.61 bits per heavy atom. The van der Waals surface area contributed by atoms with E-state index < -0.39 is 10.0 Å². The smallest absolute Gasteiger partial charge is 0.254 e. The first kappa shape index (κ1) is 25.5. The van der Waals surface area contributed by atoms with Crippen LogP contribution in [0.5, 0.6) is 0 Å². The number of carbonyl (C=O) groups is 2. The van der Waals surface area contributed by atoms with Crippen molar-refractivity contribution in [3.8, 4) is 0 Å². The third kappa shape index (κ3) is 6.26. The summed E-state index contributed by atoms with van der Waals surface area (Å²) < 4.78 is 28.9. The van der Waals surface area contributed by atoms with E-state index in [1.54, 1.807) is 16.4 Å². The molecule has 0 bridgehead atoms. The molecule has 1 aromatic carbocycles. The summed E-state index contributed by atoms with van der Waals surface area (Å²) in [7, 11) is -3.73. The van der Waals surface area contributed by atoms with Gasteiger partial charge in [0.2, 0.25) is 15.9 Å². The Morgan fingerprint density at radius 1 is 1.00 bits per heavy atom. The Hall–Kier alpha value is -2.13. The van der Waals surface area contributed by atoms with Crippen LogP contribution in [-0.4, -0.2) is 74.7 Å². The van der Waals surface area contributed by atoms with Gasteiger partial charge in [0.05, 0.1) is 12.2 Å². The van der Waals surface area contributed by atoms with Crippen molar-refractivity contribution in [1.29, 1.82) is 0 Å². The highest BCUT2D eigenvalue weighted by Crippen LogP contribution is 2.32. The van der Waals surface area contributed by atoms with Gasteiger partial charge in [0.1, 0.15) is 4.90 Å². The fourth-order valence-electron chi connectivity index (χ4n) is 4.54. The first-order valence-electron chi connectivity index (χ1n) is 12.2. The molecular weight excluding hydrogens is 440 g/mol. The first-order chi connectivity index (χ1) is 15.7. The Balaban J connectivity index is 1.95. The molecule has 2 aliphatic heterocycles. The molecule has 2 amide bonds. The van der Waals surface area contributed by atoms with Crippen molar-refractivity contribution in [2.24, 2.45) is 0 Å². The molecular formula is C24H38N4O4S. The average Bonchev–Trinajstić information content (AvgIpc) is 2.82. The van der Waals surface area contributed by atoms with Crippen LogP contribution in [0.1, 0.15) is 69.7 Å². The molecule has 1 N–H and O–H groups in total. The van der Waals surface area contributed by atoms with E-state index in [4.69, 9.17) is 0 Å². The zero-order chi connectivity index (χ0) is 24.0. The van der Waals surface area contributed by atoms with Gasteiger partial charge in [-0.15, -0.1) is 0 Å². The molecule has 0 aliphatic carbocycles. The van der Waals surface area contributed by atoms with Gasteiger partial charge in [-0.1, -0.05) is 6.42 Å². The minimum atomic E-state index is -3.73. The number of carbonyl (C=O) groups excluding carboxylic acids is 2. The van der Waals surface area contributed by atoms with Crippen molar-refractivity contribution in [3.63, 3.8) is 0 Å². The molecule has 0 saturated carbocycles. The SMILES string of the molecule is CCN(CC(=O)NC(C)C)C(=O)c1ccc(N2CCCCC2)c(S(=O)(=O)N2CCCCC2)c1. The maximum Gasteiger partial charge on any atom is 0.254 e. The van der Waals surface area contributed by atoms with Gasteiger partial charge in [-0.25, -0.2) is 8.42 Å². The number of amides is 2. The van der Waals surface area contributed by atoms with Crippen LogP contribution in [0.25, 0.3) is 0 Å². The van der Waals surface area contributed by atoms with Gasteiger partial charge in [0, 0.05) is 44.3 Å². The minimum Gasteiger partial charge on any atom is -0.370 e. The van der Waals surface area contributed by atoms with Crippen LogP contribution in [0.4, 0.5) is 5.69 Å². The highest BCUT2D eigenvalue weighted by atomic mass is 32.2. The molecule has 3 rings (SSSR count). The second kappa shape index (κ2) is 11.3. The number of anilines is 1. The second-order valence-corrected chi connectivity index (χ2v) is 11.1. The molecule has 2 fully saturated rings. The zero-order valence-corrected chi connectivity index (χ0v) is 21.0. The fraction of sp³-hybridized carbons (Fsp3) is 0.667. The van der Waals surface area contributed by atoms with Crippen molar-refractivity contribution >= 4 is 27.5 Å². The number of sulfonamides is 1. The molecule has 2 saturated heterocycles. The number of rotatable bonds is 8. The zero-order valence-electron chi connectivity index (χ0n) is 20.2. The van der Waals surface area contributed by atoms with Crippen LogP contribution in [0.2, 0.25) is 0 Å². The molecule has 1 aromatic rings. The van der Waals surface area contributed by atoms with Crippen LogP contribution >= 0.6 is 0 Å². The van der Waals surface area contributed by atoms with E-state index in [0.717, 1.165) is 51.6 Å². The molecule has 8 nitrogen and oxygen atoms in total. The van der Waals surface area contributed by atoms with Crippen LogP contribution in [0, 0.1) is 0 Å². The lowest BCUT2D eigenvalue weighted by Crippen LogP contribution is -2.42. The van der Waals surface area contributed by atoms with E-state index in [0.29, 0.717) is 30.9 Å². The summed E-state index contributed by atoms with van der Waals surface area (Å²) in [5, 5.41) is 2.80. The van der Waals surface area contributed by atoms with Gasteiger partial charge in [-0.3, -0.25) is 9.59 Å². The lowest BCUT2D eigenvalue weighted by molar-refractivity contribution is -0.122. The largest absolute Gasteiger partial charge is 0.370 e. The van der Waals surface area contributed by atoms with Crippen molar-refractivity contribution in [2.45, 2.75) is 70.2 Å². The van der Waals surface area contributed by atoms with Crippen LogP contribution in [-0.2, 0) is 14.8 Å². The van der Waals surface area contributed by atoms with Gasteiger partial charge in [-0.2, -0.15) is 4.31 Å². The van der Waals surface area contributed by atoms with Gasteiger partial charge >= 0.3 is 0 Å². The molecule has 0 radical (unpaired) electrons. The molecule has 33 heavy (non-hydrogen) atoms. The molecule has 0 unspecified atom stereocenters. The second-order valence-electron chi connectivity index (χ2n) is 9.24. The van der Waals surface area contributed by atoms with E-state index in [1.807, 2.05) is 20.8 Å². The quantitative estimate of drug-likeness (QED) is 0.621. The fourth-order valence-corrected chi connectivity index (χ4v) is 6.30. The van der Waals surface area contributed by atoms with Crippen molar-refractivity contribution in [2.75, 3.05) is 44.2 Å². The summed E-state index contributed by atoms with van der Waals surface area (Å²) in [6.45, 7) is 8.49. The van der Waals surface area contributed by atoms with Crippen molar-refractivity contribution < 1.29 is 18.0 Å². The van der Waals surface area contributed by atoms with Crippen molar-refractivity contribution in [1.82, 2.24) is 14.5 Å². The highest BCUT2D eigenvalue weighted by molar-refractivity contribution is 7.89. The van der Waals surface area contributed by atoms with E-state index in [-0.39, 0.29) is 29.3 Å². The van der Waals surface area contributed by atoms with E-state index in [2.05, 4.69) is 10.2 Å². The summed E-state index contributed by atoms with van der Waals surface area (Å²) in [5.74, 6) is -0.567. The number of nitrogens with one attached hydrogen (secondary N) is 1. The number of likely N-dealkylation sites (N-methyl/N-ethyl adjacent to an activating group) is 1. The number of nitrogens with zero attached hydrogens (tertiary/aromatic N) is 3. The maximum atomic E-state index is 13.7. The number of hydrogen-bond donors (Lipinski definition) is 1. The first-order valence-corrected chi connectivity index (χ1v) is 13.7. The Bertz CT molecular complexity index is 936. The lowest BCUT2D eigenvalue weighted by atomic mass is 10.1. The Kier molecular flexibility index (Phi) is 8.75.